The molecule has 3 aliphatic heterocycles. The van der Waals surface area contributed by atoms with Gasteiger partial charge < -0.3 is 20.1 Å². The van der Waals surface area contributed by atoms with Crippen LogP contribution in [0.4, 0.5) is 0 Å². The van der Waals surface area contributed by atoms with Crippen molar-refractivity contribution in [2.24, 2.45) is 16.8 Å². The number of guanidine groups is 1. The zero-order valence-corrected chi connectivity index (χ0v) is 18.1. The van der Waals surface area contributed by atoms with Gasteiger partial charge in [-0.05, 0) is 37.5 Å². The number of halogens is 2. The highest BCUT2D eigenvalue weighted by molar-refractivity contribution is 14.0. The summed E-state index contributed by atoms with van der Waals surface area (Å²) in [7, 11) is 0. The van der Waals surface area contributed by atoms with Crippen LogP contribution in [-0.4, -0.2) is 54.4 Å². The van der Waals surface area contributed by atoms with E-state index >= 15 is 0 Å². The molecule has 3 heterocycles. The van der Waals surface area contributed by atoms with Crippen LogP contribution in [0.15, 0.2) is 29.3 Å². The normalized spacial score (nSPS) is 30.9. The van der Waals surface area contributed by atoms with Gasteiger partial charge in [0.25, 0.3) is 0 Å². The zero-order chi connectivity index (χ0) is 17.4. The van der Waals surface area contributed by atoms with E-state index in [-0.39, 0.29) is 24.0 Å². The van der Waals surface area contributed by atoms with Crippen molar-refractivity contribution in [2.75, 3.05) is 26.2 Å². The molecule has 3 fully saturated rings. The van der Waals surface area contributed by atoms with Gasteiger partial charge in [0.05, 0.1) is 24.9 Å². The molecule has 2 N–H and O–H groups in total. The second-order valence-electron chi connectivity index (χ2n) is 7.29. The van der Waals surface area contributed by atoms with Gasteiger partial charge in [-0.15, -0.1) is 24.0 Å². The van der Waals surface area contributed by atoms with Crippen LogP contribution in [0.3, 0.4) is 0 Å². The average Bonchev–Trinajstić information content (AvgIpc) is 3.31. The number of fused-ring (bicyclic) bond motifs is 5. The van der Waals surface area contributed by atoms with Crippen LogP contribution < -0.4 is 5.32 Å². The quantitative estimate of drug-likeness (QED) is 0.386. The summed E-state index contributed by atoms with van der Waals surface area (Å²) < 4.78 is 6.06. The van der Waals surface area contributed by atoms with E-state index in [1.54, 1.807) is 12.1 Å². The van der Waals surface area contributed by atoms with Crippen LogP contribution in [-0.2, 0) is 4.74 Å². The number of likely N-dealkylation sites (tertiary alicyclic amines) is 1. The molecule has 144 valence electrons. The first kappa shape index (κ1) is 20.2. The summed E-state index contributed by atoms with van der Waals surface area (Å²) >= 11 is 5.91. The average molecular weight is 492 g/mol. The predicted octanol–water partition coefficient (Wildman–Crippen LogP) is 3.07. The highest BCUT2D eigenvalue weighted by atomic mass is 127. The Morgan fingerprint density at radius 3 is 2.46 bits per heavy atom. The van der Waals surface area contributed by atoms with Gasteiger partial charge in [-0.3, -0.25) is 4.99 Å². The van der Waals surface area contributed by atoms with Gasteiger partial charge in [-0.25, -0.2) is 0 Å². The lowest BCUT2D eigenvalue weighted by Gasteiger charge is -2.23. The molecule has 26 heavy (non-hydrogen) atoms. The van der Waals surface area contributed by atoms with E-state index in [4.69, 9.17) is 21.3 Å². The third-order valence-corrected chi connectivity index (χ3v) is 6.01. The minimum absolute atomic E-state index is 0. The number of aliphatic hydroxyl groups excluding tert-OH is 1. The van der Waals surface area contributed by atoms with Gasteiger partial charge in [-0.1, -0.05) is 23.7 Å². The molecule has 1 aromatic carbocycles. The van der Waals surface area contributed by atoms with Crippen LogP contribution in [0.25, 0.3) is 0 Å². The summed E-state index contributed by atoms with van der Waals surface area (Å²) in [6, 6.07) is 7.30. The Balaban J connectivity index is 0.00000196. The van der Waals surface area contributed by atoms with Gasteiger partial charge >= 0.3 is 0 Å². The summed E-state index contributed by atoms with van der Waals surface area (Å²) in [6.07, 6.45) is 2.70. The largest absolute Gasteiger partial charge is 0.386 e. The number of ether oxygens (including phenoxy) is 1. The molecule has 3 saturated heterocycles. The van der Waals surface area contributed by atoms with Crippen LogP contribution in [0.1, 0.15) is 31.4 Å². The Hall–Kier alpha value is -0.570. The summed E-state index contributed by atoms with van der Waals surface area (Å²) in [5.41, 5.74) is 0.841. The fraction of sp³-hybridized carbons (Fsp3) is 0.632. The molecule has 5 unspecified atom stereocenters. The van der Waals surface area contributed by atoms with Gasteiger partial charge in [-0.2, -0.15) is 0 Å². The van der Waals surface area contributed by atoms with Gasteiger partial charge in [0, 0.05) is 36.5 Å². The first-order valence-corrected chi connectivity index (χ1v) is 9.65. The third kappa shape index (κ3) is 3.98. The molecule has 5 atom stereocenters. The van der Waals surface area contributed by atoms with Gasteiger partial charge in [0.15, 0.2) is 5.96 Å². The number of benzene rings is 1. The van der Waals surface area contributed by atoms with E-state index in [0.717, 1.165) is 31.2 Å². The van der Waals surface area contributed by atoms with Gasteiger partial charge in [0.2, 0.25) is 0 Å². The van der Waals surface area contributed by atoms with Crippen LogP contribution >= 0.6 is 35.6 Å². The molecule has 7 heteroatoms. The van der Waals surface area contributed by atoms with Crippen molar-refractivity contribution >= 4 is 41.5 Å². The van der Waals surface area contributed by atoms with Crippen molar-refractivity contribution in [3.8, 4) is 0 Å². The second-order valence-corrected chi connectivity index (χ2v) is 7.72. The second kappa shape index (κ2) is 8.63. The SMILES string of the molecule is CCNC(=NCC(O)c1ccc(Cl)cc1)N1CC2C3CCC(O3)C2C1.I. The maximum Gasteiger partial charge on any atom is 0.194 e. The monoisotopic (exact) mass is 491 g/mol. The fourth-order valence-electron chi connectivity index (χ4n) is 4.52. The lowest BCUT2D eigenvalue weighted by molar-refractivity contribution is 0.0766. The topological polar surface area (TPSA) is 57.1 Å². The van der Waals surface area contributed by atoms with Crippen molar-refractivity contribution < 1.29 is 9.84 Å². The maximum absolute atomic E-state index is 10.4. The maximum atomic E-state index is 10.4. The van der Waals surface area contributed by atoms with Gasteiger partial charge in [0.1, 0.15) is 0 Å². The molecule has 2 bridgehead atoms. The molecule has 5 nitrogen and oxygen atoms in total. The molecule has 0 aliphatic carbocycles. The lowest BCUT2D eigenvalue weighted by atomic mass is 9.82. The van der Waals surface area contributed by atoms with Crippen LogP contribution in [0, 0.1) is 11.8 Å². The third-order valence-electron chi connectivity index (χ3n) is 5.76. The Morgan fingerprint density at radius 2 is 1.88 bits per heavy atom. The summed E-state index contributed by atoms with van der Waals surface area (Å²) in [6.45, 7) is 5.27. The molecular weight excluding hydrogens is 465 g/mol. The zero-order valence-electron chi connectivity index (χ0n) is 15.0. The molecule has 1 aromatic rings. The molecular formula is C19H27ClIN3O2. The van der Waals surface area contributed by atoms with E-state index in [1.807, 2.05) is 12.1 Å². The Bertz CT molecular complexity index is 624. The number of aliphatic imine (C=N–C) groups is 1. The predicted molar refractivity (Wildman–Crippen MR) is 114 cm³/mol. The minimum Gasteiger partial charge on any atom is -0.386 e. The summed E-state index contributed by atoms with van der Waals surface area (Å²) in [5.74, 6) is 2.19. The van der Waals surface area contributed by atoms with E-state index in [1.165, 1.54) is 12.8 Å². The Kier molecular flexibility index (Phi) is 6.69. The van der Waals surface area contributed by atoms with Crippen LogP contribution in [0.5, 0.6) is 0 Å². The van der Waals surface area contributed by atoms with Crippen molar-refractivity contribution in [1.82, 2.24) is 10.2 Å². The number of aliphatic hydroxyl groups is 1. The number of nitrogens with zero attached hydrogens (tertiary/aromatic N) is 2. The lowest BCUT2D eigenvalue weighted by Crippen LogP contribution is -2.41. The summed E-state index contributed by atoms with van der Waals surface area (Å²) in [4.78, 5) is 7.05. The Morgan fingerprint density at radius 1 is 1.27 bits per heavy atom. The first-order valence-electron chi connectivity index (χ1n) is 9.28. The van der Waals surface area contributed by atoms with Crippen molar-refractivity contribution in [3.05, 3.63) is 34.9 Å². The fourth-order valence-corrected chi connectivity index (χ4v) is 4.65. The van der Waals surface area contributed by atoms with Crippen molar-refractivity contribution in [1.29, 1.82) is 0 Å². The highest BCUT2D eigenvalue weighted by Gasteiger charge is 2.53. The smallest absolute Gasteiger partial charge is 0.194 e. The number of rotatable bonds is 4. The molecule has 0 spiro atoms. The van der Waals surface area contributed by atoms with E-state index in [2.05, 4.69) is 17.1 Å². The Labute approximate surface area is 177 Å². The number of nitrogens with one attached hydrogen (secondary N) is 1. The van der Waals surface area contributed by atoms with E-state index < -0.39 is 6.10 Å². The first-order chi connectivity index (χ1) is 12.2. The molecule has 0 saturated carbocycles. The summed E-state index contributed by atoms with van der Waals surface area (Å²) in [5, 5.41) is 14.5. The van der Waals surface area contributed by atoms with Crippen molar-refractivity contribution in [3.63, 3.8) is 0 Å². The molecule has 0 amide bonds. The van der Waals surface area contributed by atoms with E-state index in [9.17, 15) is 5.11 Å². The number of hydrogen-bond acceptors (Lipinski definition) is 3. The molecule has 4 rings (SSSR count). The van der Waals surface area contributed by atoms with E-state index in [0.29, 0.717) is 35.6 Å². The highest BCUT2D eigenvalue weighted by Crippen LogP contribution is 2.47. The van der Waals surface area contributed by atoms with Crippen LogP contribution in [0.2, 0.25) is 5.02 Å². The standard InChI is InChI=1S/C19H26ClN3O2.HI/c1-2-21-19(22-9-16(24)12-3-5-13(20)6-4-12)23-10-14-15(11-23)18-8-7-17(14)25-18;/h3-6,14-18,24H,2,7-11H2,1H3,(H,21,22);1H. The van der Waals surface area contributed by atoms with Crippen molar-refractivity contribution in [2.45, 2.75) is 38.1 Å². The molecule has 0 radical (unpaired) electrons. The number of hydrogen-bond donors (Lipinski definition) is 2. The minimum atomic E-state index is -0.618. The molecule has 3 aliphatic rings. The molecule has 0 aromatic heterocycles.